The van der Waals surface area contributed by atoms with Crippen molar-refractivity contribution in [3.05, 3.63) is 60.2 Å². The zero-order valence-corrected chi connectivity index (χ0v) is 25.6. The fraction of sp³-hybridized carbons (Fsp3) is 0.500. The zero-order chi connectivity index (χ0) is 30.6. The minimum absolute atomic E-state index is 0.0732. The number of rotatable bonds is 12. The van der Waals surface area contributed by atoms with E-state index in [0.717, 1.165) is 27.1 Å². The van der Waals surface area contributed by atoms with Crippen molar-refractivity contribution in [1.29, 1.82) is 0 Å². The molecule has 0 bridgehead atoms. The van der Waals surface area contributed by atoms with E-state index in [1.54, 1.807) is 41.5 Å². The van der Waals surface area contributed by atoms with Crippen LogP contribution < -0.4 is 0 Å². The Hall–Kier alpha value is -3.45. The molecule has 3 rings (SSSR count). The molecule has 0 saturated carbocycles. The molecule has 0 aromatic heterocycles. The Morgan fingerprint density at radius 3 is 1.73 bits per heavy atom. The number of methoxy groups -OCH3 is 1. The molecule has 1 N–H and O–H groups in total. The fourth-order valence-corrected chi connectivity index (χ4v) is 5.73. The first-order valence-corrected chi connectivity index (χ1v) is 14.1. The number of hydrogen-bond acceptors (Lipinski definition) is 7. The topological polar surface area (TPSA) is 99.1 Å². The minimum Gasteiger partial charge on any atom is -0.469 e. The smallest absolute Gasteiger partial charge is 0.312 e. The molecule has 7 nitrogen and oxygen atoms in total. The summed E-state index contributed by atoms with van der Waals surface area (Å²) in [6.07, 6.45) is 0.556. The lowest BCUT2D eigenvalue weighted by atomic mass is 9.65. The SMILES string of the molecule is CCC(C)(CC(C)(CC(C)(C)C(=O)OC)C(=O)OCC(C)(C)O)C(=O)OCc1c2ccccc2cc2ccccc12. The number of hydrogen-bond donors (Lipinski definition) is 1. The molecule has 0 amide bonds. The van der Waals surface area contributed by atoms with E-state index in [1.165, 1.54) is 7.11 Å². The highest BCUT2D eigenvalue weighted by molar-refractivity contribution is 6.02. The maximum absolute atomic E-state index is 13.8. The summed E-state index contributed by atoms with van der Waals surface area (Å²) in [6.45, 7) is 11.7. The van der Waals surface area contributed by atoms with Crippen molar-refractivity contribution in [3.63, 3.8) is 0 Å². The van der Waals surface area contributed by atoms with E-state index in [-0.39, 0.29) is 26.1 Å². The number of fused-ring (bicyclic) bond motifs is 2. The molecule has 0 aliphatic carbocycles. The molecule has 0 radical (unpaired) electrons. The van der Waals surface area contributed by atoms with Gasteiger partial charge in [0.05, 0.1) is 29.0 Å². The van der Waals surface area contributed by atoms with Crippen LogP contribution in [0.25, 0.3) is 21.5 Å². The molecule has 7 heteroatoms. The van der Waals surface area contributed by atoms with Crippen molar-refractivity contribution in [1.82, 2.24) is 0 Å². The molecule has 3 aromatic rings. The predicted molar refractivity (Wildman–Crippen MR) is 160 cm³/mol. The van der Waals surface area contributed by atoms with Gasteiger partial charge in [0, 0.05) is 5.56 Å². The van der Waals surface area contributed by atoms with Crippen molar-refractivity contribution < 1.29 is 33.7 Å². The highest BCUT2D eigenvalue weighted by Crippen LogP contribution is 2.46. The van der Waals surface area contributed by atoms with E-state index in [2.05, 4.69) is 6.07 Å². The lowest BCUT2D eigenvalue weighted by molar-refractivity contribution is -0.172. The van der Waals surface area contributed by atoms with Gasteiger partial charge in [0.25, 0.3) is 0 Å². The van der Waals surface area contributed by atoms with Crippen LogP contribution in [0.3, 0.4) is 0 Å². The Balaban J connectivity index is 1.93. The molecule has 0 fully saturated rings. The van der Waals surface area contributed by atoms with Gasteiger partial charge in [-0.1, -0.05) is 55.5 Å². The van der Waals surface area contributed by atoms with Crippen LogP contribution in [-0.2, 0) is 35.2 Å². The third-order valence-electron chi connectivity index (χ3n) is 7.90. The summed E-state index contributed by atoms with van der Waals surface area (Å²) in [5.74, 6) is -1.50. The standard InChI is InChI=1S/C34H44O7/c1-9-33(6,21-34(7,20-31(2,3)28(35)39-8)30(37)41-22-32(4,5)38)29(36)40-19-27-25-16-12-10-14-23(25)18-24-15-11-13-17-26(24)27/h10-18,38H,9,19-22H2,1-8H3. The molecular weight excluding hydrogens is 520 g/mol. The van der Waals surface area contributed by atoms with Crippen molar-refractivity contribution in [2.24, 2.45) is 16.2 Å². The van der Waals surface area contributed by atoms with Crippen LogP contribution in [0.1, 0.15) is 73.3 Å². The van der Waals surface area contributed by atoms with Gasteiger partial charge >= 0.3 is 17.9 Å². The zero-order valence-electron chi connectivity index (χ0n) is 25.6. The number of ether oxygens (including phenoxy) is 3. The van der Waals surface area contributed by atoms with Crippen LogP contribution in [-0.4, -0.2) is 42.3 Å². The molecule has 41 heavy (non-hydrogen) atoms. The van der Waals surface area contributed by atoms with Gasteiger partial charge in [0.1, 0.15) is 13.2 Å². The fourth-order valence-electron chi connectivity index (χ4n) is 5.73. The van der Waals surface area contributed by atoms with Gasteiger partial charge < -0.3 is 19.3 Å². The second kappa shape index (κ2) is 12.2. The summed E-state index contributed by atoms with van der Waals surface area (Å²) < 4.78 is 16.5. The minimum atomic E-state index is -1.25. The van der Waals surface area contributed by atoms with Crippen LogP contribution >= 0.6 is 0 Å². The number of aliphatic hydroxyl groups is 1. The normalized spacial score (nSPS) is 15.1. The molecule has 3 aromatic carbocycles. The first kappa shape index (κ1) is 32.1. The number of carbonyl (C=O) groups is 3. The monoisotopic (exact) mass is 564 g/mol. The van der Waals surface area contributed by atoms with Gasteiger partial charge in [-0.3, -0.25) is 14.4 Å². The third kappa shape index (κ3) is 7.45. The number of carbonyl (C=O) groups excluding carboxylic acids is 3. The Labute approximate surface area is 243 Å². The van der Waals surface area contributed by atoms with Crippen LogP contribution in [0.5, 0.6) is 0 Å². The van der Waals surface area contributed by atoms with Crippen LogP contribution in [0.15, 0.2) is 54.6 Å². The third-order valence-corrected chi connectivity index (χ3v) is 7.90. The van der Waals surface area contributed by atoms with Gasteiger partial charge in [-0.2, -0.15) is 0 Å². The molecule has 2 atom stereocenters. The van der Waals surface area contributed by atoms with Crippen LogP contribution in [0, 0.1) is 16.2 Å². The van der Waals surface area contributed by atoms with Crippen LogP contribution in [0.2, 0.25) is 0 Å². The molecule has 222 valence electrons. The molecule has 0 saturated heterocycles. The summed E-state index contributed by atoms with van der Waals surface area (Å²) in [7, 11) is 1.30. The molecule has 0 aliphatic rings. The van der Waals surface area contributed by atoms with E-state index < -0.39 is 39.8 Å². The van der Waals surface area contributed by atoms with E-state index in [0.29, 0.717) is 6.42 Å². The van der Waals surface area contributed by atoms with E-state index >= 15 is 0 Å². The molecule has 0 heterocycles. The first-order valence-electron chi connectivity index (χ1n) is 14.1. The number of benzene rings is 3. The summed E-state index contributed by atoms with van der Waals surface area (Å²) in [4.78, 5) is 39.9. The van der Waals surface area contributed by atoms with Gasteiger partial charge in [-0.15, -0.1) is 0 Å². The highest BCUT2D eigenvalue weighted by atomic mass is 16.5. The Morgan fingerprint density at radius 1 is 0.732 bits per heavy atom. The molecular formula is C34H44O7. The summed E-state index contributed by atoms with van der Waals surface area (Å²) in [5.41, 5.74) is -3.65. The van der Waals surface area contributed by atoms with E-state index in [1.807, 2.05) is 55.5 Å². The largest absolute Gasteiger partial charge is 0.469 e. The van der Waals surface area contributed by atoms with Gasteiger partial charge in [-0.25, -0.2) is 0 Å². The average molecular weight is 565 g/mol. The Kier molecular flexibility index (Phi) is 9.54. The van der Waals surface area contributed by atoms with Crippen LogP contribution in [0.4, 0.5) is 0 Å². The first-order chi connectivity index (χ1) is 19.0. The summed E-state index contributed by atoms with van der Waals surface area (Å²) in [6, 6.07) is 18.1. The second-order valence-electron chi connectivity index (χ2n) is 13.0. The molecule has 2 unspecified atom stereocenters. The van der Waals surface area contributed by atoms with Crippen molar-refractivity contribution in [2.45, 2.75) is 79.9 Å². The maximum Gasteiger partial charge on any atom is 0.312 e. The van der Waals surface area contributed by atoms with Gasteiger partial charge in [-0.05, 0) is 88.4 Å². The number of esters is 3. The average Bonchev–Trinajstić information content (AvgIpc) is 2.92. The van der Waals surface area contributed by atoms with Crippen molar-refractivity contribution >= 4 is 39.5 Å². The van der Waals surface area contributed by atoms with Crippen molar-refractivity contribution in [2.75, 3.05) is 13.7 Å². The van der Waals surface area contributed by atoms with E-state index in [4.69, 9.17) is 14.2 Å². The predicted octanol–water partition coefficient (Wildman–Crippen LogP) is 6.75. The molecule has 0 spiro atoms. The molecule has 0 aliphatic heterocycles. The Bertz CT molecular complexity index is 1360. The summed E-state index contributed by atoms with van der Waals surface area (Å²) in [5, 5.41) is 14.3. The Morgan fingerprint density at radius 2 is 1.24 bits per heavy atom. The lowest BCUT2D eigenvalue weighted by Crippen LogP contribution is -2.45. The highest BCUT2D eigenvalue weighted by Gasteiger charge is 2.50. The van der Waals surface area contributed by atoms with E-state index in [9.17, 15) is 19.5 Å². The lowest BCUT2D eigenvalue weighted by Gasteiger charge is -2.39. The van der Waals surface area contributed by atoms with Gasteiger partial charge in [0.2, 0.25) is 0 Å². The second-order valence-corrected chi connectivity index (χ2v) is 13.0. The quantitative estimate of drug-likeness (QED) is 0.148. The maximum atomic E-state index is 13.8. The van der Waals surface area contributed by atoms with Gasteiger partial charge in [0.15, 0.2) is 0 Å². The van der Waals surface area contributed by atoms with Crippen molar-refractivity contribution in [3.8, 4) is 0 Å². The summed E-state index contributed by atoms with van der Waals surface area (Å²) >= 11 is 0.